The zero-order valence-corrected chi connectivity index (χ0v) is 12.7. The molecule has 2 fully saturated rings. The van der Waals surface area contributed by atoms with Gasteiger partial charge >= 0.3 is 6.09 Å². The predicted octanol–water partition coefficient (Wildman–Crippen LogP) is -0.333. The lowest BCUT2D eigenvalue weighted by atomic mass is 9.93. The van der Waals surface area contributed by atoms with Crippen molar-refractivity contribution < 1.29 is 19.1 Å². The van der Waals surface area contributed by atoms with Gasteiger partial charge < -0.3 is 15.4 Å². The molecule has 9 heteroatoms. The number of nitrogens with one attached hydrogen (secondary N) is 1. The summed E-state index contributed by atoms with van der Waals surface area (Å²) in [7, 11) is 0. The van der Waals surface area contributed by atoms with Gasteiger partial charge in [0, 0.05) is 24.7 Å². The first kappa shape index (κ1) is 15.3. The van der Waals surface area contributed by atoms with Gasteiger partial charge in [0.1, 0.15) is 18.8 Å². The van der Waals surface area contributed by atoms with Crippen molar-refractivity contribution in [2.45, 2.75) is 18.8 Å². The highest BCUT2D eigenvalue weighted by atomic mass is 16.6. The maximum absolute atomic E-state index is 12.2. The average Bonchev–Trinajstić information content (AvgIpc) is 3.17. The Morgan fingerprint density at radius 3 is 2.65 bits per heavy atom. The van der Waals surface area contributed by atoms with Crippen molar-refractivity contribution in [1.29, 1.82) is 0 Å². The molecule has 0 spiro atoms. The number of rotatable bonds is 4. The van der Waals surface area contributed by atoms with Crippen molar-refractivity contribution in [3.63, 3.8) is 0 Å². The van der Waals surface area contributed by atoms with Crippen LogP contribution in [0.2, 0.25) is 0 Å². The molecule has 124 valence electrons. The molecule has 0 atom stereocenters. The number of likely N-dealkylation sites (tertiary alicyclic amines) is 1. The normalized spacial score (nSPS) is 19.0. The van der Waals surface area contributed by atoms with Crippen LogP contribution in [0.25, 0.3) is 0 Å². The number of aromatic nitrogens is 2. The summed E-state index contributed by atoms with van der Waals surface area (Å²) in [5.74, 6) is -0.404. The van der Waals surface area contributed by atoms with Crippen LogP contribution >= 0.6 is 0 Å². The van der Waals surface area contributed by atoms with Crippen molar-refractivity contribution in [2.24, 2.45) is 5.73 Å². The Balaban J connectivity index is 1.52. The maximum atomic E-state index is 12.2. The highest BCUT2D eigenvalue weighted by Crippen LogP contribution is 2.27. The molecule has 0 saturated carbocycles. The standard InChI is InChI=1S/C14H19N5O4/c15-13(21)11-7-10(16-17-11)9-1-3-18(4-2-9)12(20)8-19-5-6-23-14(19)22/h7,9H,1-6,8H2,(H2,15,21)(H,16,17). The molecule has 23 heavy (non-hydrogen) atoms. The Kier molecular flexibility index (Phi) is 4.18. The fourth-order valence-corrected chi connectivity index (χ4v) is 2.94. The van der Waals surface area contributed by atoms with Crippen molar-refractivity contribution in [3.05, 3.63) is 17.5 Å². The molecule has 3 amide bonds. The van der Waals surface area contributed by atoms with Gasteiger partial charge in [-0.3, -0.25) is 19.6 Å². The number of piperidine rings is 1. The second-order valence-corrected chi connectivity index (χ2v) is 5.76. The number of carbonyl (C=O) groups excluding carboxylic acids is 3. The summed E-state index contributed by atoms with van der Waals surface area (Å²) in [4.78, 5) is 37.9. The van der Waals surface area contributed by atoms with Crippen molar-refractivity contribution in [2.75, 3.05) is 32.8 Å². The summed E-state index contributed by atoms with van der Waals surface area (Å²) in [6.07, 6.45) is 1.12. The van der Waals surface area contributed by atoms with E-state index < -0.39 is 12.0 Å². The third-order valence-corrected chi connectivity index (χ3v) is 4.31. The van der Waals surface area contributed by atoms with Crippen LogP contribution < -0.4 is 5.73 Å². The summed E-state index contributed by atoms with van der Waals surface area (Å²) in [6, 6.07) is 1.67. The third kappa shape index (κ3) is 3.27. The number of aromatic amines is 1. The van der Waals surface area contributed by atoms with Crippen molar-refractivity contribution in [1.82, 2.24) is 20.0 Å². The van der Waals surface area contributed by atoms with E-state index in [1.54, 1.807) is 11.0 Å². The summed E-state index contributed by atoms with van der Waals surface area (Å²) in [5, 5.41) is 6.73. The lowest BCUT2D eigenvalue weighted by molar-refractivity contribution is -0.132. The molecule has 0 aromatic carbocycles. The van der Waals surface area contributed by atoms with Crippen molar-refractivity contribution >= 4 is 17.9 Å². The first-order chi connectivity index (χ1) is 11.0. The Labute approximate surface area is 132 Å². The van der Waals surface area contributed by atoms with E-state index in [-0.39, 0.29) is 24.1 Å². The van der Waals surface area contributed by atoms with Gasteiger partial charge in [0.2, 0.25) is 5.91 Å². The molecule has 1 aromatic heterocycles. The van der Waals surface area contributed by atoms with Crippen LogP contribution in [-0.2, 0) is 9.53 Å². The van der Waals surface area contributed by atoms with E-state index in [1.165, 1.54) is 4.90 Å². The molecule has 9 nitrogen and oxygen atoms in total. The second kappa shape index (κ2) is 6.27. The highest BCUT2D eigenvalue weighted by Gasteiger charge is 2.29. The first-order valence-electron chi connectivity index (χ1n) is 7.59. The number of ether oxygens (including phenoxy) is 1. The molecular formula is C14H19N5O4. The zero-order valence-electron chi connectivity index (χ0n) is 12.7. The third-order valence-electron chi connectivity index (χ3n) is 4.31. The number of cyclic esters (lactones) is 1. The molecule has 2 aliphatic heterocycles. The number of H-pyrrole nitrogens is 1. The Bertz CT molecular complexity index is 620. The summed E-state index contributed by atoms with van der Waals surface area (Å²) < 4.78 is 4.82. The first-order valence-corrected chi connectivity index (χ1v) is 7.59. The number of hydrogen-bond donors (Lipinski definition) is 2. The Hall–Kier alpha value is -2.58. The summed E-state index contributed by atoms with van der Waals surface area (Å²) in [6.45, 7) is 2.09. The fourth-order valence-electron chi connectivity index (χ4n) is 2.94. The van der Waals surface area contributed by atoms with Gasteiger partial charge in [0.25, 0.3) is 5.91 Å². The number of carbonyl (C=O) groups is 3. The molecule has 2 saturated heterocycles. The quantitative estimate of drug-likeness (QED) is 0.786. The van der Waals surface area contributed by atoms with E-state index in [2.05, 4.69) is 10.2 Å². The van der Waals surface area contributed by atoms with Gasteiger partial charge in [-0.05, 0) is 18.9 Å². The number of primary amides is 1. The van der Waals surface area contributed by atoms with Crippen LogP contribution in [0.4, 0.5) is 4.79 Å². The minimum atomic E-state index is -0.558. The van der Waals surface area contributed by atoms with Gasteiger partial charge in [-0.25, -0.2) is 4.79 Å². The smallest absolute Gasteiger partial charge is 0.410 e. The van der Waals surface area contributed by atoms with Gasteiger partial charge in [0.15, 0.2) is 0 Å². The Morgan fingerprint density at radius 2 is 2.09 bits per heavy atom. The molecule has 3 rings (SSSR count). The fraction of sp³-hybridized carbons (Fsp3) is 0.571. The van der Waals surface area contributed by atoms with Crippen LogP contribution in [-0.4, -0.2) is 70.7 Å². The molecule has 0 radical (unpaired) electrons. The second-order valence-electron chi connectivity index (χ2n) is 5.76. The molecule has 2 aliphatic rings. The van der Waals surface area contributed by atoms with Crippen LogP contribution in [0.3, 0.4) is 0 Å². The molecule has 0 unspecified atom stereocenters. The molecule has 3 heterocycles. The number of nitrogens with two attached hydrogens (primary N) is 1. The monoisotopic (exact) mass is 321 g/mol. The largest absolute Gasteiger partial charge is 0.448 e. The predicted molar refractivity (Wildman–Crippen MR) is 78.6 cm³/mol. The van der Waals surface area contributed by atoms with Crippen LogP contribution in [0.5, 0.6) is 0 Å². The lowest BCUT2D eigenvalue weighted by Crippen LogP contribution is -2.44. The SMILES string of the molecule is NC(=O)c1cc(C2CCN(C(=O)CN3CCOC3=O)CC2)[nH]n1. The average molecular weight is 321 g/mol. The van der Waals surface area contributed by atoms with Crippen LogP contribution in [0, 0.1) is 0 Å². The van der Waals surface area contributed by atoms with E-state index in [0.717, 1.165) is 18.5 Å². The van der Waals surface area contributed by atoms with Gasteiger partial charge in [0.05, 0.1) is 6.54 Å². The molecule has 1 aromatic rings. The van der Waals surface area contributed by atoms with E-state index in [0.29, 0.717) is 26.2 Å². The van der Waals surface area contributed by atoms with Crippen LogP contribution in [0.1, 0.15) is 34.9 Å². The van der Waals surface area contributed by atoms with Gasteiger partial charge in [-0.15, -0.1) is 0 Å². The van der Waals surface area contributed by atoms with E-state index in [4.69, 9.17) is 10.5 Å². The van der Waals surface area contributed by atoms with Crippen LogP contribution in [0.15, 0.2) is 6.07 Å². The highest BCUT2D eigenvalue weighted by molar-refractivity contribution is 5.90. The Morgan fingerprint density at radius 1 is 1.35 bits per heavy atom. The molecule has 0 bridgehead atoms. The lowest BCUT2D eigenvalue weighted by Gasteiger charge is -2.32. The minimum Gasteiger partial charge on any atom is -0.448 e. The summed E-state index contributed by atoms with van der Waals surface area (Å²) >= 11 is 0. The molecule has 0 aliphatic carbocycles. The topological polar surface area (TPSA) is 122 Å². The van der Waals surface area contributed by atoms with Gasteiger partial charge in [-0.1, -0.05) is 0 Å². The van der Waals surface area contributed by atoms with Crippen molar-refractivity contribution in [3.8, 4) is 0 Å². The minimum absolute atomic E-state index is 0.0651. The summed E-state index contributed by atoms with van der Waals surface area (Å²) in [5.41, 5.74) is 6.29. The van der Waals surface area contributed by atoms with Gasteiger partial charge in [-0.2, -0.15) is 5.10 Å². The number of hydrogen-bond acceptors (Lipinski definition) is 5. The van der Waals surface area contributed by atoms with E-state index in [1.807, 2.05) is 0 Å². The number of nitrogens with zero attached hydrogens (tertiary/aromatic N) is 3. The zero-order chi connectivity index (χ0) is 16.4. The molecular weight excluding hydrogens is 302 g/mol. The van der Waals surface area contributed by atoms with E-state index >= 15 is 0 Å². The molecule has 3 N–H and O–H groups in total. The maximum Gasteiger partial charge on any atom is 0.410 e. The van der Waals surface area contributed by atoms with E-state index in [9.17, 15) is 14.4 Å². The number of amides is 3.